The summed E-state index contributed by atoms with van der Waals surface area (Å²) in [5.41, 5.74) is 3.85. The van der Waals surface area contributed by atoms with Crippen LogP contribution in [0.4, 0.5) is 5.69 Å². The van der Waals surface area contributed by atoms with Crippen molar-refractivity contribution in [3.8, 4) is 11.5 Å². The standard InChI is InChI=1S/C23H26N2O4.ClH/c1-27-16-8-14-15(9-17(16)28-2)25-20(26)10-18-21-13-7-19-23(14,22(21)25)4-5-24(19)11-12(13)3-6-29-18;/h3,8-9,13,18-19,21-22H,4-7,10-11H2,1-2H3;1H/t13-,18?,19-,21-,22?,23+;/m0./s1. The van der Waals surface area contributed by atoms with Crippen LogP contribution >= 0.6 is 12.4 Å². The number of carbonyl (C=O) groups is 1. The number of benzene rings is 1. The van der Waals surface area contributed by atoms with E-state index >= 15 is 0 Å². The Morgan fingerprint density at radius 2 is 2.00 bits per heavy atom. The van der Waals surface area contributed by atoms with Gasteiger partial charge in [-0.3, -0.25) is 9.69 Å². The molecule has 5 aliphatic heterocycles. The first kappa shape index (κ1) is 19.0. The van der Waals surface area contributed by atoms with Gasteiger partial charge in [-0.1, -0.05) is 11.6 Å². The van der Waals surface area contributed by atoms with E-state index in [0.29, 0.717) is 36.7 Å². The Hall–Kier alpha value is -1.76. The molecule has 6 nitrogen and oxygen atoms in total. The summed E-state index contributed by atoms with van der Waals surface area (Å²) in [7, 11) is 3.36. The molecule has 2 unspecified atom stereocenters. The van der Waals surface area contributed by atoms with Crippen LogP contribution in [-0.2, 0) is 14.9 Å². The highest BCUT2D eigenvalue weighted by Gasteiger charge is 2.71. The highest BCUT2D eigenvalue weighted by atomic mass is 35.5. The lowest BCUT2D eigenvalue weighted by atomic mass is 9.53. The minimum Gasteiger partial charge on any atom is -0.493 e. The number of methoxy groups -OCH3 is 2. The minimum atomic E-state index is -0.0242. The predicted molar refractivity (Wildman–Crippen MR) is 114 cm³/mol. The second-order valence-corrected chi connectivity index (χ2v) is 9.48. The van der Waals surface area contributed by atoms with Crippen molar-refractivity contribution in [1.29, 1.82) is 0 Å². The van der Waals surface area contributed by atoms with Crippen molar-refractivity contribution in [2.24, 2.45) is 11.8 Å². The Bertz CT molecular complexity index is 980. The van der Waals surface area contributed by atoms with E-state index in [1.54, 1.807) is 19.8 Å². The normalized spacial score (nSPS) is 39.7. The summed E-state index contributed by atoms with van der Waals surface area (Å²) >= 11 is 0. The maximum Gasteiger partial charge on any atom is 0.229 e. The maximum absolute atomic E-state index is 13.5. The molecule has 160 valence electrons. The van der Waals surface area contributed by atoms with Crippen LogP contribution in [-0.4, -0.2) is 62.9 Å². The summed E-state index contributed by atoms with van der Waals surface area (Å²) in [5.74, 6) is 2.57. The first-order valence-corrected chi connectivity index (χ1v) is 10.8. The molecule has 2 bridgehead atoms. The molecule has 1 aliphatic carbocycles. The molecule has 1 aromatic carbocycles. The second kappa shape index (κ2) is 6.15. The van der Waals surface area contributed by atoms with Crippen molar-refractivity contribution in [3.63, 3.8) is 0 Å². The summed E-state index contributed by atoms with van der Waals surface area (Å²) in [6.45, 7) is 2.80. The summed E-state index contributed by atoms with van der Waals surface area (Å²) in [6, 6.07) is 4.87. The van der Waals surface area contributed by atoms with Gasteiger partial charge in [0.25, 0.3) is 0 Å². The van der Waals surface area contributed by atoms with Gasteiger partial charge in [0.2, 0.25) is 5.91 Å². The molecule has 5 heterocycles. The zero-order valence-electron chi connectivity index (χ0n) is 17.3. The number of rotatable bonds is 2. The van der Waals surface area contributed by atoms with E-state index in [0.717, 1.165) is 30.9 Å². The average Bonchev–Trinajstić information content (AvgIpc) is 3.20. The quantitative estimate of drug-likeness (QED) is 0.675. The van der Waals surface area contributed by atoms with Crippen molar-refractivity contribution < 1.29 is 19.0 Å². The third-order valence-electron chi connectivity index (χ3n) is 8.81. The van der Waals surface area contributed by atoms with E-state index in [4.69, 9.17) is 14.2 Å². The Kier molecular flexibility index (Phi) is 3.89. The van der Waals surface area contributed by atoms with Gasteiger partial charge in [0.15, 0.2) is 11.5 Å². The Balaban J connectivity index is 0.00000175. The third kappa shape index (κ3) is 1.96. The number of anilines is 1. The van der Waals surface area contributed by atoms with E-state index in [-0.39, 0.29) is 35.9 Å². The third-order valence-corrected chi connectivity index (χ3v) is 8.81. The van der Waals surface area contributed by atoms with Crippen LogP contribution in [0.15, 0.2) is 23.8 Å². The van der Waals surface area contributed by atoms with Crippen LogP contribution in [0, 0.1) is 11.8 Å². The molecule has 1 aromatic rings. The van der Waals surface area contributed by atoms with Gasteiger partial charge in [-0.2, -0.15) is 0 Å². The maximum atomic E-state index is 13.5. The molecule has 4 fully saturated rings. The fourth-order valence-corrected chi connectivity index (χ4v) is 7.87. The number of carbonyl (C=O) groups excluding carboxylic acids is 1. The molecule has 30 heavy (non-hydrogen) atoms. The molecule has 6 aliphatic rings. The van der Waals surface area contributed by atoms with Gasteiger partial charge in [0.1, 0.15) is 0 Å². The van der Waals surface area contributed by atoms with Gasteiger partial charge in [-0.05, 0) is 36.9 Å². The molecular weight excluding hydrogens is 404 g/mol. The van der Waals surface area contributed by atoms with Gasteiger partial charge in [-0.25, -0.2) is 0 Å². The molecule has 7 heteroatoms. The number of amides is 1. The van der Waals surface area contributed by atoms with E-state index in [1.807, 2.05) is 6.07 Å². The van der Waals surface area contributed by atoms with Crippen molar-refractivity contribution >= 4 is 24.0 Å². The smallest absolute Gasteiger partial charge is 0.229 e. The first-order chi connectivity index (χ1) is 14.2. The predicted octanol–water partition coefficient (Wildman–Crippen LogP) is 2.53. The van der Waals surface area contributed by atoms with E-state index in [2.05, 4.69) is 21.9 Å². The summed E-state index contributed by atoms with van der Waals surface area (Å²) in [5, 5.41) is 0. The number of halogens is 1. The van der Waals surface area contributed by atoms with Gasteiger partial charge < -0.3 is 19.1 Å². The average molecular weight is 431 g/mol. The van der Waals surface area contributed by atoms with Gasteiger partial charge in [0.05, 0.1) is 45.1 Å². The number of piperidine rings is 2. The Morgan fingerprint density at radius 1 is 1.20 bits per heavy atom. The van der Waals surface area contributed by atoms with Gasteiger partial charge in [-0.15, -0.1) is 12.4 Å². The van der Waals surface area contributed by atoms with Crippen LogP contribution in [0.1, 0.15) is 24.8 Å². The van der Waals surface area contributed by atoms with E-state index in [1.165, 1.54) is 12.0 Å². The molecule has 7 rings (SSSR count). The number of nitrogens with zero attached hydrogens (tertiary/aromatic N) is 2. The van der Waals surface area contributed by atoms with Gasteiger partial charge >= 0.3 is 0 Å². The number of ether oxygens (including phenoxy) is 3. The zero-order chi connectivity index (χ0) is 19.5. The molecule has 3 saturated heterocycles. The lowest BCUT2D eigenvalue weighted by Gasteiger charge is -2.58. The highest BCUT2D eigenvalue weighted by Crippen LogP contribution is 2.66. The molecule has 0 aromatic heterocycles. The number of hydrogen-bond donors (Lipinski definition) is 0. The first-order valence-electron chi connectivity index (χ1n) is 10.8. The Labute approximate surface area is 182 Å². The van der Waals surface area contributed by atoms with E-state index in [9.17, 15) is 4.79 Å². The lowest BCUT2D eigenvalue weighted by Crippen LogP contribution is -2.69. The van der Waals surface area contributed by atoms with Crippen LogP contribution in [0.5, 0.6) is 11.5 Å². The van der Waals surface area contributed by atoms with Crippen molar-refractivity contribution in [3.05, 3.63) is 29.3 Å². The van der Waals surface area contributed by atoms with Crippen LogP contribution < -0.4 is 14.4 Å². The number of hydrogen-bond acceptors (Lipinski definition) is 5. The largest absolute Gasteiger partial charge is 0.493 e. The second-order valence-electron chi connectivity index (χ2n) is 9.48. The Morgan fingerprint density at radius 3 is 2.80 bits per heavy atom. The van der Waals surface area contributed by atoms with Crippen LogP contribution in [0.2, 0.25) is 0 Å². The molecular formula is C23H27ClN2O4. The molecule has 1 amide bonds. The fourth-order valence-electron chi connectivity index (χ4n) is 7.87. The topological polar surface area (TPSA) is 51.2 Å². The monoisotopic (exact) mass is 430 g/mol. The number of fused-ring (bicyclic) bond motifs is 2. The highest BCUT2D eigenvalue weighted by molar-refractivity contribution is 5.99. The molecule has 6 atom stereocenters. The molecule has 1 saturated carbocycles. The summed E-state index contributed by atoms with van der Waals surface area (Å²) in [6.07, 6.45) is 5.11. The summed E-state index contributed by atoms with van der Waals surface area (Å²) in [4.78, 5) is 18.3. The molecule has 0 radical (unpaired) electrons. The van der Waals surface area contributed by atoms with Gasteiger partial charge in [0, 0.05) is 30.0 Å². The molecule has 1 spiro atoms. The van der Waals surface area contributed by atoms with Crippen LogP contribution in [0.25, 0.3) is 0 Å². The van der Waals surface area contributed by atoms with Crippen molar-refractivity contribution in [2.45, 2.75) is 42.9 Å². The summed E-state index contributed by atoms with van der Waals surface area (Å²) < 4.78 is 17.6. The zero-order valence-corrected chi connectivity index (χ0v) is 18.1. The van der Waals surface area contributed by atoms with E-state index < -0.39 is 0 Å². The van der Waals surface area contributed by atoms with Crippen molar-refractivity contribution in [2.75, 3.05) is 38.8 Å². The van der Waals surface area contributed by atoms with Crippen molar-refractivity contribution in [1.82, 2.24) is 4.90 Å². The fraction of sp³-hybridized carbons (Fsp3) is 0.609. The molecule has 0 N–H and O–H groups in total. The van der Waals surface area contributed by atoms with Crippen LogP contribution in [0.3, 0.4) is 0 Å². The minimum absolute atomic E-state index is 0. The lowest BCUT2D eigenvalue weighted by molar-refractivity contribution is -0.132. The SMILES string of the molecule is COc1cc2c(cc1OC)[C@@]13CCN4CC5=CCOC6CC(=O)N2C1[C@H]6[C@H]5C[C@H]43.Cl.